The first-order valence-corrected chi connectivity index (χ1v) is 10.3. The van der Waals surface area contributed by atoms with Crippen molar-refractivity contribution in [2.45, 2.75) is 32.0 Å². The van der Waals surface area contributed by atoms with Gasteiger partial charge in [0.1, 0.15) is 5.84 Å². The van der Waals surface area contributed by atoms with Gasteiger partial charge in [0.25, 0.3) is 0 Å². The first kappa shape index (κ1) is 18.4. The molecule has 0 unspecified atom stereocenters. The summed E-state index contributed by atoms with van der Waals surface area (Å²) in [5.41, 5.74) is 2.29. The molecule has 0 radical (unpaired) electrons. The van der Waals surface area contributed by atoms with Gasteiger partial charge in [0.15, 0.2) is 0 Å². The van der Waals surface area contributed by atoms with Crippen LogP contribution >= 0.6 is 11.8 Å². The highest BCUT2D eigenvalue weighted by atomic mass is 32.2. The zero-order chi connectivity index (χ0) is 18.9. The summed E-state index contributed by atoms with van der Waals surface area (Å²) in [4.78, 5) is 4.78. The summed E-state index contributed by atoms with van der Waals surface area (Å²) in [6.45, 7) is 0.253. The molecule has 0 amide bonds. The van der Waals surface area contributed by atoms with E-state index in [0.29, 0.717) is 5.56 Å². The van der Waals surface area contributed by atoms with Gasteiger partial charge < -0.3 is 5.32 Å². The lowest BCUT2D eigenvalue weighted by atomic mass is 9.73. The topological polar surface area (TPSA) is 24.4 Å². The number of halogens is 3. The van der Waals surface area contributed by atoms with Crippen molar-refractivity contribution in [3.05, 3.63) is 65.2 Å². The lowest BCUT2D eigenvalue weighted by Gasteiger charge is -2.42. The molecule has 1 fully saturated rings. The summed E-state index contributed by atoms with van der Waals surface area (Å²) in [5, 5.41) is 3.49. The third-order valence-corrected chi connectivity index (χ3v) is 6.41. The molecule has 0 atom stereocenters. The van der Waals surface area contributed by atoms with Crippen molar-refractivity contribution >= 4 is 23.3 Å². The van der Waals surface area contributed by atoms with Crippen LogP contribution in [-0.2, 0) is 19.1 Å². The van der Waals surface area contributed by atoms with E-state index >= 15 is 0 Å². The largest absolute Gasteiger partial charge is 0.416 e. The quantitative estimate of drug-likeness (QED) is 0.702. The van der Waals surface area contributed by atoms with Gasteiger partial charge in [-0.1, -0.05) is 30.3 Å². The number of fused-ring (bicyclic) bond motifs is 1. The Morgan fingerprint density at radius 3 is 2.59 bits per heavy atom. The summed E-state index contributed by atoms with van der Waals surface area (Å²) in [7, 11) is 0. The molecule has 142 valence electrons. The van der Waals surface area contributed by atoms with E-state index in [2.05, 4.69) is 17.4 Å². The van der Waals surface area contributed by atoms with E-state index < -0.39 is 11.7 Å². The highest BCUT2D eigenvalue weighted by Gasteiger charge is 2.41. The average molecular weight is 390 g/mol. The monoisotopic (exact) mass is 390 g/mol. The molecule has 0 aliphatic carbocycles. The fourth-order valence-corrected chi connectivity index (χ4v) is 5.18. The van der Waals surface area contributed by atoms with Crippen LogP contribution in [0, 0.1) is 5.41 Å². The Morgan fingerprint density at radius 2 is 1.81 bits per heavy atom. The average Bonchev–Trinajstić information content (AvgIpc) is 2.66. The fourth-order valence-electron chi connectivity index (χ4n) is 3.90. The SMILES string of the molecule is FC(F)(F)c1cccc(CN=C2Nc3ccccc3CC23CCSCC3)c1. The number of anilines is 1. The molecular weight excluding hydrogens is 369 g/mol. The van der Waals surface area contributed by atoms with E-state index in [-0.39, 0.29) is 12.0 Å². The Morgan fingerprint density at radius 1 is 1.04 bits per heavy atom. The van der Waals surface area contributed by atoms with Crippen LogP contribution in [-0.4, -0.2) is 17.3 Å². The highest BCUT2D eigenvalue weighted by Crippen LogP contribution is 2.44. The van der Waals surface area contributed by atoms with Crippen LogP contribution < -0.4 is 5.32 Å². The first-order chi connectivity index (χ1) is 13.0. The molecule has 2 aromatic rings. The molecule has 1 N–H and O–H groups in total. The van der Waals surface area contributed by atoms with E-state index in [4.69, 9.17) is 4.99 Å². The van der Waals surface area contributed by atoms with Crippen molar-refractivity contribution in [2.75, 3.05) is 16.8 Å². The van der Waals surface area contributed by atoms with Crippen molar-refractivity contribution in [1.82, 2.24) is 0 Å². The molecule has 1 spiro atoms. The number of nitrogens with zero attached hydrogens (tertiary/aromatic N) is 1. The van der Waals surface area contributed by atoms with Gasteiger partial charge in [0.2, 0.25) is 0 Å². The standard InChI is InChI=1S/C21H21F3N2S/c22-21(23,24)17-6-3-4-15(12-17)14-25-19-20(8-10-27-11-9-20)13-16-5-1-2-7-18(16)26-19/h1-7,12H,8-11,13-14H2,(H,25,26). The number of aliphatic imine (C=N–C) groups is 1. The molecule has 2 nitrogen and oxygen atoms in total. The Hall–Kier alpha value is -1.95. The first-order valence-electron chi connectivity index (χ1n) is 9.10. The van der Waals surface area contributed by atoms with Crippen LogP contribution in [0.5, 0.6) is 0 Å². The number of alkyl halides is 3. The number of hydrogen-bond acceptors (Lipinski definition) is 2. The Balaban J connectivity index is 1.64. The number of rotatable bonds is 2. The Bertz CT molecular complexity index is 855. The van der Waals surface area contributed by atoms with Gasteiger partial charge >= 0.3 is 6.18 Å². The molecule has 27 heavy (non-hydrogen) atoms. The van der Waals surface area contributed by atoms with Gasteiger partial charge in [-0.3, -0.25) is 4.99 Å². The van der Waals surface area contributed by atoms with Gasteiger partial charge in [-0.2, -0.15) is 24.9 Å². The van der Waals surface area contributed by atoms with Crippen molar-refractivity contribution in [3.8, 4) is 0 Å². The zero-order valence-corrected chi connectivity index (χ0v) is 15.7. The maximum atomic E-state index is 13.0. The zero-order valence-electron chi connectivity index (χ0n) is 14.9. The van der Waals surface area contributed by atoms with Gasteiger partial charge in [-0.15, -0.1) is 0 Å². The number of nitrogens with one attached hydrogen (secondary N) is 1. The van der Waals surface area contributed by atoms with Crippen LogP contribution in [0.25, 0.3) is 0 Å². The van der Waals surface area contributed by atoms with Crippen LogP contribution in [0.1, 0.15) is 29.5 Å². The molecule has 0 bridgehead atoms. The third-order valence-electron chi connectivity index (χ3n) is 5.43. The van der Waals surface area contributed by atoms with E-state index in [1.807, 2.05) is 23.9 Å². The molecule has 4 rings (SSSR count). The molecule has 0 saturated carbocycles. The molecule has 1 saturated heterocycles. The predicted octanol–water partition coefficient (Wildman–Crippen LogP) is 5.79. The molecule has 2 aliphatic rings. The van der Waals surface area contributed by atoms with E-state index in [1.54, 1.807) is 6.07 Å². The summed E-state index contributed by atoms with van der Waals surface area (Å²) in [6, 6.07) is 13.7. The number of benzene rings is 2. The summed E-state index contributed by atoms with van der Waals surface area (Å²) in [6.07, 6.45) is -1.30. The van der Waals surface area contributed by atoms with Crippen LogP contribution in [0.15, 0.2) is 53.5 Å². The molecular formula is C21H21F3N2S. The van der Waals surface area contributed by atoms with Gasteiger partial charge in [-0.25, -0.2) is 0 Å². The molecule has 2 aromatic carbocycles. The third kappa shape index (κ3) is 3.86. The normalized spacial score (nSPS) is 20.3. The second kappa shape index (κ2) is 7.23. The van der Waals surface area contributed by atoms with E-state index in [0.717, 1.165) is 48.4 Å². The van der Waals surface area contributed by atoms with Crippen LogP contribution in [0.2, 0.25) is 0 Å². The van der Waals surface area contributed by atoms with Crippen molar-refractivity contribution in [2.24, 2.45) is 10.4 Å². The Kier molecular flexibility index (Phi) is 4.93. The molecule has 0 aromatic heterocycles. The maximum absolute atomic E-state index is 13.0. The smallest absolute Gasteiger partial charge is 0.343 e. The van der Waals surface area contributed by atoms with Crippen LogP contribution in [0.3, 0.4) is 0 Å². The minimum absolute atomic E-state index is 0.0265. The Labute approximate surface area is 161 Å². The number of hydrogen-bond donors (Lipinski definition) is 1. The van der Waals surface area contributed by atoms with E-state index in [9.17, 15) is 13.2 Å². The minimum Gasteiger partial charge on any atom is -0.343 e. The molecule has 2 heterocycles. The van der Waals surface area contributed by atoms with Gasteiger partial charge in [0.05, 0.1) is 12.1 Å². The second-order valence-electron chi connectivity index (χ2n) is 7.21. The number of para-hydroxylation sites is 1. The van der Waals surface area contributed by atoms with Crippen LogP contribution in [0.4, 0.5) is 18.9 Å². The van der Waals surface area contributed by atoms with Gasteiger partial charge in [0, 0.05) is 11.1 Å². The lowest BCUT2D eigenvalue weighted by Crippen LogP contribution is -2.44. The summed E-state index contributed by atoms with van der Waals surface area (Å²) >= 11 is 1.96. The molecule has 6 heteroatoms. The summed E-state index contributed by atoms with van der Waals surface area (Å²) < 4.78 is 38.9. The predicted molar refractivity (Wildman–Crippen MR) is 105 cm³/mol. The summed E-state index contributed by atoms with van der Waals surface area (Å²) in [5.74, 6) is 3.11. The van der Waals surface area contributed by atoms with Crippen molar-refractivity contribution < 1.29 is 13.2 Å². The van der Waals surface area contributed by atoms with Gasteiger partial charge in [-0.05, 0) is 60.1 Å². The van der Waals surface area contributed by atoms with Crippen molar-refractivity contribution in [1.29, 1.82) is 0 Å². The van der Waals surface area contributed by atoms with Crippen molar-refractivity contribution in [3.63, 3.8) is 0 Å². The van der Waals surface area contributed by atoms with E-state index in [1.165, 1.54) is 17.7 Å². The minimum atomic E-state index is -4.33. The maximum Gasteiger partial charge on any atom is 0.416 e. The number of thioether (sulfide) groups is 1. The highest BCUT2D eigenvalue weighted by molar-refractivity contribution is 7.99. The molecule has 2 aliphatic heterocycles. The fraction of sp³-hybridized carbons (Fsp3) is 0.381. The lowest BCUT2D eigenvalue weighted by molar-refractivity contribution is -0.137. The second-order valence-corrected chi connectivity index (χ2v) is 8.44. The number of amidine groups is 1.